The summed E-state index contributed by atoms with van der Waals surface area (Å²) in [6, 6.07) is 1.97. The van der Waals surface area contributed by atoms with E-state index in [-0.39, 0.29) is 23.5 Å². The van der Waals surface area contributed by atoms with Crippen LogP contribution in [-0.4, -0.2) is 26.8 Å². The number of hydrogen-bond donors (Lipinski definition) is 1. The quantitative estimate of drug-likeness (QED) is 0.860. The monoisotopic (exact) mass is 338 g/mol. The maximum absolute atomic E-state index is 12.3. The molecular formula is C18H18N4O3. The van der Waals surface area contributed by atoms with Crippen LogP contribution >= 0.6 is 0 Å². The Bertz CT molecular complexity index is 865. The lowest BCUT2D eigenvalue weighted by Crippen LogP contribution is -2.28. The molecule has 25 heavy (non-hydrogen) atoms. The Morgan fingerprint density at radius 2 is 2.20 bits per heavy atom. The van der Waals surface area contributed by atoms with Gasteiger partial charge in [0.1, 0.15) is 5.82 Å². The van der Waals surface area contributed by atoms with Crippen molar-refractivity contribution in [3.05, 3.63) is 41.2 Å². The average Bonchev–Trinajstić information content (AvgIpc) is 2.97. The zero-order valence-corrected chi connectivity index (χ0v) is 13.9. The van der Waals surface area contributed by atoms with Gasteiger partial charge in [0.25, 0.3) is 0 Å². The van der Waals surface area contributed by atoms with Crippen LogP contribution in [-0.2, 0) is 16.0 Å². The van der Waals surface area contributed by atoms with Crippen molar-refractivity contribution in [1.29, 1.82) is 0 Å². The van der Waals surface area contributed by atoms with Gasteiger partial charge >= 0.3 is 0 Å². The number of carbonyl (C=O) groups is 2. The molecule has 1 saturated carbocycles. The van der Waals surface area contributed by atoms with Gasteiger partial charge in [0.05, 0.1) is 0 Å². The molecule has 1 fully saturated rings. The average molecular weight is 338 g/mol. The first-order valence-corrected chi connectivity index (χ1v) is 8.39. The van der Waals surface area contributed by atoms with Crippen LogP contribution in [0.25, 0.3) is 6.08 Å². The molecule has 0 saturated heterocycles. The van der Waals surface area contributed by atoms with E-state index in [2.05, 4.69) is 20.4 Å². The van der Waals surface area contributed by atoms with Crippen molar-refractivity contribution in [2.75, 3.05) is 5.32 Å². The summed E-state index contributed by atoms with van der Waals surface area (Å²) in [5.74, 6) is 2.22. The van der Waals surface area contributed by atoms with E-state index in [1.807, 2.05) is 6.07 Å². The van der Waals surface area contributed by atoms with E-state index in [0.29, 0.717) is 30.4 Å². The summed E-state index contributed by atoms with van der Waals surface area (Å²) < 4.78 is 4.98. The smallest absolute Gasteiger partial charge is 0.225 e. The molecule has 0 spiro atoms. The van der Waals surface area contributed by atoms with Gasteiger partial charge in [-0.15, -0.1) is 0 Å². The molecule has 2 aromatic rings. The van der Waals surface area contributed by atoms with Crippen LogP contribution in [0.1, 0.15) is 48.0 Å². The molecule has 1 aliphatic heterocycles. The SMILES string of the molecule is Cc1nc(C2CC(C(=O)C=Cc3cnc4c(c3)CCC(=O)N4)C2)no1. The number of aryl methyl sites for hydroxylation is 2. The zero-order chi connectivity index (χ0) is 17.4. The molecule has 0 unspecified atom stereocenters. The van der Waals surface area contributed by atoms with Gasteiger partial charge in [0.15, 0.2) is 11.6 Å². The third-order valence-corrected chi connectivity index (χ3v) is 4.76. The standard InChI is InChI=1S/C18H18N4O3/c1-10-20-18(22-25-10)14-7-13(8-14)15(23)4-2-11-6-12-3-5-16(24)21-17(12)19-9-11/h2,4,6,9,13-14H,3,5,7-8H2,1H3,(H,19,21,24). The fourth-order valence-electron chi connectivity index (χ4n) is 3.22. The van der Waals surface area contributed by atoms with Crippen LogP contribution in [0.4, 0.5) is 5.82 Å². The van der Waals surface area contributed by atoms with Gasteiger partial charge in [-0.25, -0.2) is 4.98 Å². The molecule has 2 aromatic heterocycles. The second-order valence-corrected chi connectivity index (χ2v) is 6.60. The Morgan fingerprint density at radius 3 is 2.96 bits per heavy atom. The van der Waals surface area contributed by atoms with E-state index >= 15 is 0 Å². The van der Waals surface area contributed by atoms with E-state index in [1.54, 1.807) is 25.3 Å². The maximum atomic E-state index is 12.3. The predicted molar refractivity (Wildman–Crippen MR) is 89.7 cm³/mol. The fourth-order valence-corrected chi connectivity index (χ4v) is 3.22. The van der Waals surface area contributed by atoms with Crippen LogP contribution in [0.15, 0.2) is 22.9 Å². The van der Waals surface area contributed by atoms with E-state index in [0.717, 1.165) is 24.0 Å². The molecular weight excluding hydrogens is 320 g/mol. The van der Waals surface area contributed by atoms with Crippen molar-refractivity contribution in [2.45, 2.75) is 38.5 Å². The van der Waals surface area contributed by atoms with Gasteiger partial charge in [0, 0.05) is 31.4 Å². The summed E-state index contributed by atoms with van der Waals surface area (Å²) in [7, 11) is 0. The maximum Gasteiger partial charge on any atom is 0.225 e. The fraction of sp³-hybridized carbons (Fsp3) is 0.389. The predicted octanol–water partition coefficient (Wildman–Crippen LogP) is 2.43. The molecule has 1 aliphatic carbocycles. The normalized spacial score (nSPS) is 22.4. The second kappa shape index (κ2) is 6.23. The summed E-state index contributed by atoms with van der Waals surface area (Å²) in [6.45, 7) is 1.76. The number of carbonyl (C=O) groups excluding carboxylic acids is 2. The summed E-state index contributed by atoms with van der Waals surface area (Å²) >= 11 is 0. The Hall–Kier alpha value is -2.83. The summed E-state index contributed by atoms with van der Waals surface area (Å²) in [4.78, 5) is 32.1. The first kappa shape index (κ1) is 15.7. The highest BCUT2D eigenvalue weighted by molar-refractivity contribution is 5.96. The van der Waals surface area contributed by atoms with Gasteiger partial charge in [-0.1, -0.05) is 5.16 Å². The molecule has 3 heterocycles. The first-order valence-electron chi connectivity index (χ1n) is 8.39. The highest BCUT2D eigenvalue weighted by Gasteiger charge is 2.36. The van der Waals surface area contributed by atoms with E-state index < -0.39 is 0 Å². The largest absolute Gasteiger partial charge is 0.340 e. The Kier molecular flexibility index (Phi) is 3.91. The lowest BCUT2D eigenvalue weighted by atomic mass is 9.72. The Balaban J connectivity index is 1.36. The number of allylic oxidation sites excluding steroid dienone is 1. The van der Waals surface area contributed by atoms with Crippen molar-refractivity contribution in [2.24, 2.45) is 5.92 Å². The van der Waals surface area contributed by atoms with Crippen molar-refractivity contribution >= 4 is 23.6 Å². The number of nitrogens with zero attached hydrogens (tertiary/aromatic N) is 3. The molecule has 1 amide bonds. The number of rotatable bonds is 4. The minimum absolute atomic E-state index is 0.00481. The molecule has 1 N–H and O–H groups in total. The topological polar surface area (TPSA) is 98.0 Å². The third kappa shape index (κ3) is 3.22. The van der Waals surface area contributed by atoms with Crippen molar-refractivity contribution in [3.8, 4) is 0 Å². The molecule has 7 nitrogen and oxygen atoms in total. The second-order valence-electron chi connectivity index (χ2n) is 6.60. The van der Waals surface area contributed by atoms with Crippen LogP contribution in [0, 0.1) is 12.8 Å². The van der Waals surface area contributed by atoms with Crippen molar-refractivity contribution in [3.63, 3.8) is 0 Å². The van der Waals surface area contributed by atoms with Gasteiger partial charge < -0.3 is 9.84 Å². The summed E-state index contributed by atoms with van der Waals surface area (Å²) in [6.07, 6.45) is 7.75. The van der Waals surface area contributed by atoms with Crippen LogP contribution in [0.5, 0.6) is 0 Å². The molecule has 0 bridgehead atoms. The van der Waals surface area contributed by atoms with E-state index in [9.17, 15) is 9.59 Å². The summed E-state index contributed by atoms with van der Waals surface area (Å²) in [5, 5.41) is 6.67. The minimum Gasteiger partial charge on any atom is -0.340 e. The zero-order valence-electron chi connectivity index (χ0n) is 13.9. The molecule has 0 aromatic carbocycles. The Morgan fingerprint density at radius 1 is 1.36 bits per heavy atom. The van der Waals surface area contributed by atoms with Crippen LogP contribution in [0.3, 0.4) is 0 Å². The number of nitrogens with one attached hydrogen (secondary N) is 1. The van der Waals surface area contributed by atoms with Crippen LogP contribution < -0.4 is 5.32 Å². The minimum atomic E-state index is -0.00481. The molecule has 4 rings (SSSR count). The number of pyridine rings is 1. The molecule has 7 heteroatoms. The van der Waals surface area contributed by atoms with Gasteiger partial charge in [0.2, 0.25) is 11.8 Å². The number of anilines is 1. The number of aromatic nitrogens is 3. The Labute approximate surface area is 144 Å². The lowest BCUT2D eigenvalue weighted by molar-refractivity contribution is -0.121. The third-order valence-electron chi connectivity index (χ3n) is 4.76. The molecule has 2 aliphatic rings. The number of amides is 1. The van der Waals surface area contributed by atoms with Gasteiger partial charge in [-0.2, -0.15) is 4.98 Å². The van der Waals surface area contributed by atoms with Gasteiger partial charge in [-0.05, 0) is 48.6 Å². The van der Waals surface area contributed by atoms with Crippen molar-refractivity contribution < 1.29 is 14.1 Å². The van der Waals surface area contributed by atoms with E-state index in [4.69, 9.17) is 4.52 Å². The first-order chi connectivity index (χ1) is 12.1. The number of fused-ring (bicyclic) bond motifs is 1. The highest BCUT2D eigenvalue weighted by atomic mass is 16.5. The summed E-state index contributed by atoms with van der Waals surface area (Å²) in [5.41, 5.74) is 1.87. The van der Waals surface area contributed by atoms with E-state index in [1.165, 1.54) is 0 Å². The van der Waals surface area contributed by atoms with Gasteiger partial charge in [-0.3, -0.25) is 9.59 Å². The highest BCUT2D eigenvalue weighted by Crippen LogP contribution is 2.41. The number of hydrogen-bond acceptors (Lipinski definition) is 6. The van der Waals surface area contributed by atoms with Crippen LogP contribution in [0.2, 0.25) is 0 Å². The number of ketones is 1. The van der Waals surface area contributed by atoms with Crippen molar-refractivity contribution in [1.82, 2.24) is 15.1 Å². The molecule has 0 atom stereocenters. The molecule has 128 valence electrons. The lowest BCUT2D eigenvalue weighted by Gasteiger charge is -2.31. The molecule has 0 radical (unpaired) electrons.